The molecule has 6 nitrogen and oxygen atoms in total. The Balaban J connectivity index is 2.28. The first-order valence-corrected chi connectivity index (χ1v) is 6.26. The second kappa shape index (κ2) is 5.26. The largest absolute Gasteiger partial charge is 0.364 e. The summed E-state index contributed by atoms with van der Waals surface area (Å²) in [4.78, 5) is 40.2. The third-order valence-electron chi connectivity index (χ3n) is 3.35. The summed E-state index contributed by atoms with van der Waals surface area (Å²) in [5, 5.41) is 2.55. The molecule has 0 radical (unpaired) electrons. The molecular weight excluding hydrogens is 246 g/mol. The molecule has 2 rings (SSSR count). The number of likely N-dealkylation sites (tertiary alicyclic amines) is 1. The molecule has 1 aromatic heterocycles. The number of aromatic nitrogens is 1. The van der Waals surface area contributed by atoms with Gasteiger partial charge in [-0.1, -0.05) is 0 Å². The Bertz CT molecular complexity index is 564. The van der Waals surface area contributed by atoms with Gasteiger partial charge in [0.05, 0.1) is 0 Å². The van der Waals surface area contributed by atoms with Crippen LogP contribution in [0.4, 0.5) is 0 Å². The average molecular weight is 263 g/mol. The number of H-pyrrole nitrogens is 1. The third-order valence-corrected chi connectivity index (χ3v) is 3.35. The summed E-state index contributed by atoms with van der Waals surface area (Å²) in [5.41, 5.74) is 0.469. The van der Waals surface area contributed by atoms with Crippen LogP contribution in [0.3, 0.4) is 0 Å². The number of likely N-dealkylation sites (N-methyl/N-ethyl adjacent to an activating group) is 1. The summed E-state index contributed by atoms with van der Waals surface area (Å²) in [7, 11) is 1.54. The van der Waals surface area contributed by atoms with Gasteiger partial charge in [-0.3, -0.25) is 14.4 Å². The van der Waals surface area contributed by atoms with Crippen molar-refractivity contribution in [3.8, 4) is 0 Å². The van der Waals surface area contributed by atoms with Crippen molar-refractivity contribution < 1.29 is 9.59 Å². The van der Waals surface area contributed by atoms with Gasteiger partial charge in [-0.25, -0.2) is 0 Å². The predicted molar refractivity (Wildman–Crippen MR) is 69.9 cm³/mol. The Labute approximate surface area is 110 Å². The lowest BCUT2D eigenvalue weighted by molar-refractivity contribution is -0.124. The molecular formula is C13H17N3O3. The van der Waals surface area contributed by atoms with E-state index in [1.54, 1.807) is 14.0 Å². The van der Waals surface area contributed by atoms with Gasteiger partial charge in [0, 0.05) is 31.5 Å². The molecule has 0 saturated carbocycles. The molecule has 0 aromatic carbocycles. The SMILES string of the molecule is CNC(=O)C1CCCN1C(=O)c1c[nH]c(C)cc1=O. The predicted octanol–water partition coefficient (Wildman–Crippen LogP) is 0.0339. The smallest absolute Gasteiger partial charge is 0.259 e. The highest BCUT2D eigenvalue weighted by atomic mass is 16.2. The van der Waals surface area contributed by atoms with Gasteiger partial charge >= 0.3 is 0 Å². The molecule has 1 aromatic rings. The highest BCUT2D eigenvalue weighted by Gasteiger charge is 2.34. The van der Waals surface area contributed by atoms with E-state index in [-0.39, 0.29) is 22.8 Å². The third kappa shape index (κ3) is 2.52. The van der Waals surface area contributed by atoms with Crippen molar-refractivity contribution in [1.82, 2.24) is 15.2 Å². The molecule has 1 aliphatic heterocycles. The van der Waals surface area contributed by atoms with Crippen LogP contribution in [0.5, 0.6) is 0 Å². The number of nitrogens with one attached hydrogen (secondary N) is 2. The Morgan fingerprint density at radius 2 is 2.21 bits per heavy atom. The Kier molecular flexibility index (Phi) is 3.69. The lowest BCUT2D eigenvalue weighted by Gasteiger charge is -2.23. The fourth-order valence-corrected chi connectivity index (χ4v) is 2.34. The molecule has 0 bridgehead atoms. The number of hydrogen-bond donors (Lipinski definition) is 2. The zero-order valence-electron chi connectivity index (χ0n) is 11.0. The molecule has 0 spiro atoms. The molecule has 2 N–H and O–H groups in total. The van der Waals surface area contributed by atoms with E-state index in [1.807, 2.05) is 0 Å². The van der Waals surface area contributed by atoms with Crippen LogP contribution in [-0.2, 0) is 4.79 Å². The topological polar surface area (TPSA) is 82.3 Å². The van der Waals surface area contributed by atoms with Crippen molar-refractivity contribution >= 4 is 11.8 Å². The van der Waals surface area contributed by atoms with Gasteiger partial charge in [0.25, 0.3) is 5.91 Å². The monoisotopic (exact) mass is 263 g/mol. The number of pyridine rings is 1. The van der Waals surface area contributed by atoms with Gasteiger partial charge in [0.2, 0.25) is 5.91 Å². The van der Waals surface area contributed by atoms with E-state index in [2.05, 4.69) is 10.3 Å². The minimum absolute atomic E-state index is 0.0846. The van der Waals surface area contributed by atoms with Gasteiger partial charge in [-0.15, -0.1) is 0 Å². The Morgan fingerprint density at radius 1 is 1.47 bits per heavy atom. The van der Waals surface area contributed by atoms with Crippen molar-refractivity contribution in [1.29, 1.82) is 0 Å². The van der Waals surface area contributed by atoms with E-state index >= 15 is 0 Å². The van der Waals surface area contributed by atoms with Crippen molar-refractivity contribution in [3.05, 3.63) is 33.7 Å². The van der Waals surface area contributed by atoms with Crippen LogP contribution < -0.4 is 10.7 Å². The van der Waals surface area contributed by atoms with Gasteiger partial charge in [0.1, 0.15) is 11.6 Å². The van der Waals surface area contributed by atoms with Crippen LogP contribution in [0.25, 0.3) is 0 Å². The standard InChI is InChI=1S/C13H17N3O3/c1-8-6-11(17)9(7-15-8)13(19)16-5-3-4-10(16)12(18)14-2/h6-7,10H,3-5H2,1-2H3,(H,14,18)(H,15,17). The summed E-state index contributed by atoms with van der Waals surface area (Å²) in [6.07, 6.45) is 2.82. The van der Waals surface area contributed by atoms with Gasteiger partial charge in [-0.05, 0) is 19.8 Å². The summed E-state index contributed by atoms with van der Waals surface area (Å²) in [6, 6.07) is 0.913. The first-order chi connectivity index (χ1) is 9.04. The number of carbonyl (C=O) groups is 2. The highest BCUT2D eigenvalue weighted by Crippen LogP contribution is 2.19. The van der Waals surface area contributed by atoms with Crippen molar-refractivity contribution in [2.45, 2.75) is 25.8 Å². The molecule has 102 valence electrons. The quantitative estimate of drug-likeness (QED) is 0.790. The van der Waals surface area contributed by atoms with Crippen LogP contribution in [0.2, 0.25) is 0 Å². The van der Waals surface area contributed by atoms with Crippen molar-refractivity contribution in [2.75, 3.05) is 13.6 Å². The lowest BCUT2D eigenvalue weighted by atomic mass is 10.1. The second-order valence-electron chi connectivity index (χ2n) is 4.66. The summed E-state index contributed by atoms with van der Waals surface area (Å²) in [5.74, 6) is -0.568. The van der Waals surface area contributed by atoms with E-state index in [0.717, 1.165) is 6.42 Å². The molecule has 6 heteroatoms. The summed E-state index contributed by atoms with van der Waals surface area (Å²) < 4.78 is 0. The van der Waals surface area contributed by atoms with Crippen LogP contribution in [0.1, 0.15) is 28.9 Å². The minimum atomic E-state index is -0.474. The number of aryl methyl sites for hydroxylation is 1. The second-order valence-corrected chi connectivity index (χ2v) is 4.66. The minimum Gasteiger partial charge on any atom is -0.364 e. The fourth-order valence-electron chi connectivity index (χ4n) is 2.34. The number of hydrogen-bond acceptors (Lipinski definition) is 3. The molecule has 1 saturated heterocycles. The maximum Gasteiger partial charge on any atom is 0.259 e. The van der Waals surface area contributed by atoms with Gasteiger partial charge < -0.3 is 15.2 Å². The molecule has 1 unspecified atom stereocenters. The van der Waals surface area contributed by atoms with Crippen molar-refractivity contribution in [2.24, 2.45) is 0 Å². The zero-order valence-corrected chi connectivity index (χ0v) is 11.0. The maximum absolute atomic E-state index is 12.3. The van der Waals surface area contributed by atoms with Crippen molar-refractivity contribution in [3.63, 3.8) is 0 Å². The van der Waals surface area contributed by atoms with Crippen LogP contribution >= 0.6 is 0 Å². The van der Waals surface area contributed by atoms with E-state index in [9.17, 15) is 14.4 Å². The van der Waals surface area contributed by atoms with E-state index < -0.39 is 6.04 Å². The van der Waals surface area contributed by atoms with E-state index in [4.69, 9.17) is 0 Å². The van der Waals surface area contributed by atoms with Crippen LogP contribution in [0, 0.1) is 6.92 Å². The lowest BCUT2D eigenvalue weighted by Crippen LogP contribution is -2.46. The number of carbonyl (C=O) groups excluding carboxylic acids is 2. The molecule has 2 heterocycles. The van der Waals surface area contributed by atoms with Gasteiger partial charge in [0.15, 0.2) is 5.43 Å². The number of nitrogens with zero attached hydrogens (tertiary/aromatic N) is 1. The molecule has 1 aliphatic rings. The molecule has 19 heavy (non-hydrogen) atoms. The first-order valence-electron chi connectivity index (χ1n) is 6.26. The Hall–Kier alpha value is -2.11. The molecule has 0 aliphatic carbocycles. The average Bonchev–Trinajstić information content (AvgIpc) is 2.86. The molecule has 1 atom stereocenters. The van der Waals surface area contributed by atoms with E-state index in [0.29, 0.717) is 18.7 Å². The van der Waals surface area contributed by atoms with Crippen LogP contribution in [0.15, 0.2) is 17.1 Å². The van der Waals surface area contributed by atoms with E-state index in [1.165, 1.54) is 17.2 Å². The molecule has 1 fully saturated rings. The molecule has 2 amide bonds. The Morgan fingerprint density at radius 3 is 2.84 bits per heavy atom. The summed E-state index contributed by atoms with van der Waals surface area (Å²) in [6.45, 7) is 2.25. The first kappa shape index (κ1) is 13.3. The number of amides is 2. The number of aromatic amines is 1. The van der Waals surface area contributed by atoms with Crippen LogP contribution in [-0.4, -0.2) is 41.3 Å². The van der Waals surface area contributed by atoms with Gasteiger partial charge in [-0.2, -0.15) is 0 Å². The number of rotatable bonds is 2. The zero-order chi connectivity index (χ0) is 14.0. The highest BCUT2D eigenvalue weighted by molar-refractivity contribution is 5.97. The normalized spacial score (nSPS) is 18.4. The fraction of sp³-hybridized carbons (Fsp3) is 0.462. The summed E-state index contributed by atoms with van der Waals surface area (Å²) >= 11 is 0. The maximum atomic E-state index is 12.3.